The highest BCUT2D eigenvalue weighted by Gasteiger charge is 2.21. The fourth-order valence-corrected chi connectivity index (χ4v) is 2.40. The fraction of sp³-hybridized carbons (Fsp3) is 0.294. The molecule has 6 nitrogen and oxygen atoms in total. The van der Waals surface area contributed by atoms with Crippen LogP contribution < -0.4 is 15.2 Å². The van der Waals surface area contributed by atoms with Gasteiger partial charge in [-0.3, -0.25) is 0 Å². The van der Waals surface area contributed by atoms with Gasteiger partial charge < -0.3 is 20.0 Å². The number of oxime groups is 1. The van der Waals surface area contributed by atoms with Crippen molar-refractivity contribution >= 4 is 30.5 Å². The Bertz CT molecular complexity index is 713. The Hall–Kier alpha value is -2.02. The third-order valence-corrected chi connectivity index (χ3v) is 3.60. The van der Waals surface area contributed by atoms with Gasteiger partial charge in [0.25, 0.3) is 0 Å². The van der Waals surface area contributed by atoms with E-state index in [9.17, 15) is 0 Å². The van der Waals surface area contributed by atoms with Crippen molar-refractivity contribution in [2.75, 3.05) is 20.3 Å². The lowest BCUT2D eigenvalue weighted by atomic mass is 10.1. The van der Waals surface area contributed by atoms with E-state index in [2.05, 4.69) is 10.1 Å². The van der Waals surface area contributed by atoms with Gasteiger partial charge in [0.15, 0.2) is 6.10 Å². The first-order valence-electron chi connectivity index (χ1n) is 7.44. The van der Waals surface area contributed by atoms with E-state index in [1.807, 2.05) is 36.4 Å². The molecule has 3 rings (SSSR count). The van der Waals surface area contributed by atoms with Crippen LogP contribution in [0.15, 0.2) is 47.8 Å². The van der Waals surface area contributed by atoms with Crippen LogP contribution in [0.25, 0.3) is 11.1 Å². The van der Waals surface area contributed by atoms with E-state index in [-0.39, 0.29) is 30.9 Å². The van der Waals surface area contributed by atoms with Crippen molar-refractivity contribution in [3.63, 3.8) is 0 Å². The molecule has 0 spiro atoms. The predicted octanol–water partition coefficient (Wildman–Crippen LogP) is 3.08. The lowest BCUT2D eigenvalue weighted by Crippen LogP contribution is -2.20. The molecule has 1 aliphatic heterocycles. The molecule has 2 aromatic rings. The Morgan fingerprint density at radius 3 is 2.76 bits per heavy atom. The maximum absolute atomic E-state index is 5.94. The Balaban J connectivity index is 0.00000156. The largest absolute Gasteiger partial charge is 0.489 e. The minimum atomic E-state index is -0.0893. The molecule has 0 saturated carbocycles. The average Bonchev–Trinajstić information content (AvgIpc) is 3.08. The Kier molecular flexibility index (Phi) is 8.48. The highest BCUT2D eigenvalue weighted by Crippen LogP contribution is 2.31. The predicted molar refractivity (Wildman–Crippen MR) is 102 cm³/mol. The van der Waals surface area contributed by atoms with Crippen molar-refractivity contribution < 1.29 is 14.3 Å². The van der Waals surface area contributed by atoms with Gasteiger partial charge in [-0.2, -0.15) is 0 Å². The van der Waals surface area contributed by atoms with Crippen molar-refractivity contribution in [2.45, 2.75) is 12.5 Å². The third kappa shape index (κ3) is 5.22. The molecular formula is C17H21Cl2N3O3. The van der Waals surface area contributed by atoms with E-state index >= 15 is 0 Å². The van der Waals surface area contributed by atoms with Gasteiger partial charge in [0.05, 0.1) is 12.8 Å². The molecule has 0 amide bonds. The Morgan fingerprint density at radius 2 is 2.04 bits per heavy atom. The van der Waals surface area contributed by atoms with E-state index < -0.39 is 0 Å². The highest BCUT2D eigenvalue weighted by atomic mass is 35.5. The van der Waals surface area contributed by atoms with Crippen molar-refractivity contribution in [3.8, 4) is 22.8 Å². The van der Waals surface area contributed by atoms with Crippen molar-refractivity contribution in [2.24, 2.45) is 10.9 Å². The number of benzene rings is 1. The molecule has 1 atom stereocenters. The summed E-state index contributed by atoms with van der Waals surface area (Å²) in [4.78, 5) is 9.44. The van der Waals surface area contributed by atoms with Crippen LogP contribution in [-0.4, -0.2) is 37.1 Å². The lowest BCUT2D eigenvalue weighted by molar-refractivity contribution is 0.0472. The molecular weight excluding hydrogens is 365 g/mol. The molecule has 1 aromatic heterocycles. The van der Waals surface area contributed by atoms with E-state index in [4.69, 9.17) is 20.0 Å². The molecule has 1 unspecified atom stereocenters. The van der Waals surface area contributed by atoms with Gasteiger partial charge >= 0.3 is 0 Å². The quantitative estimate of drug-likeness (QED) is 0.826. The molecule has 8 heteroatoms. The summed E-state index contributed by atoms with van der Waals surface area (Å²) in [5.41, 5.74) is 8.39. The van der Waals surface area contributed by atoms with Gasteiger partial charge in [-0.05, 0) is 17.7 Å². The van der Waals surface area contributed by atoms with Crippen LogP contribution in [-0.2, 0) is 4.84 Å². The summed E-state index contributed by atoms with van der Waals surface area (Å²) in [6.07, 6.45) is 2.34. The molecule has 25 heavy (non-hydrogen) atoms. The Labute approximate surface area is 159 Å². The van der Waals surface area contributed by atoms with Gasteiger partial charge in [-0.1, -0.05) is 23.4 Å². The zero-order valence-corrected chi connectivity index (χ0v) is 15.4. The van der Waals surface area contributed by atoms with Crippen LogP contribution in [0.1, 0.15) is 6.42 Å². The lowest BCUT2D eigenvalue weighted by Gasteiger charge is -2.14. The highest BCUT2D eigenvalue weighted by molar-refractivity contribution is 5.87. The van der Waals surface area contributed by atoms with Gasteiger partial charge in [0, 0.05) is 30.8 Å². The Morgan fingerprint density at radius 1 is 1.24 bits per heavy atom. The summed E-state index contributed by atoms with van der Waals surface area (Å²) in [5, 5.41) is 3.94. The van der Waals surface area contributed by atoms with Crippen LogP contribution in [0, 0.1) is 0 Å². The maximum atomic E-state index is 5.94. The van der Waals surface area contributed by atoms with Crippen molar-refractivity contribution in [1.29, 1.82) is 0 Å². The van der Waals surface area contributed by atoms with E-state index in [0.717, 1.165) is 22.6 Å². The van der Waals surface area contributed by atoms with E-state index in [0.29, 0.717) is 25.5 Å². The smallest absolute Gasteiger partial charge is 0.213 e. The van der Waals surface area contributed by atoms with Crippen molar-refractivity contribution in [1.82, 2.24) is 4.98 Å². The summed E-state index contributed by atoms with van der Waals surface area (Å²) in [6, 6.07) is 11.6. The van der Waals surface area contributed by atoms with Crippen LogP contribution in [0.3, 0.4) is 0 Å². The monoisotopic (exact) mass is 385 g/mol. The zero-order valence-electron chi connectivity index (χ0n) is 13.8. The average molecular weight is 386 g/mol. The summed E-state index contributed by atoms with van der Waals surface area (Å²) in [7, 11) is 1.60. The first-order chi connectivity index (χ1) is 11.3. The second-order valence-electron chi connectivity index (χ2n) is 5.19. The van der Waals surface area contributed by atoms with Gasteiger partial charge in [-0.15, -0.1) is 24.8 Å². The van der Waals surface area contributed by atoms with Gasteiger partial charge in [-0.25, -0.2) is 4.98 Å². The molecule has 136 valence electrons. The van der Waals surface area contributed by atoms with Gasteiger partial charge in [0.1, 0.15) is 12.4 Å². The van der Waals surface area contributed by atoms with Crippen LogP contribution >= 0.6 is 24.8 Å². The van der Waals surface area contributed by atoms with Crippen LogP contribution in [0.2, 0.25) is 0 Å². The first kappa shape index (κ1) is 21.0. The summed E-state index contributed by atoms with van der Waals surface area (Å²) >= 11 is 0. The zero-order chi connectivity index (χ0) is 16.1. The summed E-state index contributed by atoms with van der Waals surface area (Å²) < 4.78 is 11.1. The number of ether oxygens (including phenoxy) is 2. The van der Waals surface area contributed by atoms with Crippen LogP contribution in [0.5, 0.6) is 11.6 Å². The van der Waals surface area contributed by atoms with E-state index in [1.54, 1.807) is 13.3 Å². The number of pyridine rings is 1. The van der Waals surface area contributed by atoms with Gasteiger partial charge in [0.2, 0.25) is 5.88 Å². The second-order valence-corrected chi connectivity index (χ2v) is 5.19. The number of hydrogen-bond acceptors (Lipinski definition) is 6. The second kappa shape index (κ2) is 10.1. The number of rotatable bonds is 6. The summed E-state index contributed by atoms with van der Waals surface area (Å²) in [6.45, 7) is 0.843. The first-order valence-corrected chi connectivity index (χ1v) is 7.44. The number of nitrogens with two attached hydrogens (primary N) is 1. The third-order valence-electron chi connectivity index (χ3n) is 3.60. The number of nitrogens with zero attached hydrogens (tertiary/aromatic N) is 2. The minimum absolute atomic E-state index is 0. The molecule has 1 aromatic carbocycles. The van der Waals surface area contributed by atoms with Crippen molar-refractivity contribution in [3.05, 3.63) is 42.6 Å². The summed E-state index contributed by atoms with van der Waals surface area (Å²) in [5.74, 6) is 1.35. The maximum Gasteiger partial charge on any atom is 0.213 e. The molecule has 1 aliphatic rings. The number of para-hydroxylation sites is 1. The minimum Gasteiger partial charge on any atom is -0.489 e. The molecule has 0 radical (unpaired) electrons. The fourth-order valence-electron chi connectivity index (χ4n) is 2.40. The number of aromatic nitrogens is 1. The number of hydrogen-bond donors (Lipinski definition) is 1. The standard InChI is InChI=1S/C17H19N3O3.2ClH/c1-21-17-8-12(6-7-19-17)15-4-2-3-5-16(15)22-11-14-9-13(10-18)20-23-14;;/h2-8,14H,9-11,18H2,1H3;2*1H. The molecule has 0 fully saturated rings. The number of halogens is 2. The molecule has 2 N–H and O–H groups in total. The molecule has 0 bridgehead atoms. The normalized spacial score (nSPS) is 15.3. The SMILES string of the molecule is COc1cc(-c2ccccc2OCC2CC(CN)=NO2)ccn1.Cl.Cl. The molecule has 0 saturated heterocycles. The number of methoxy groups -OCH3 is 1. The molecule has 2 heterocycles. The molecule has 0 aliphatic carbocycles. The van der Waals surface area contributed by atoms with E-state index in [1.165, 1.54) is 0 Å². The van der Waals surface area contributed by atoms with Crippen LogP contribution in [0.4, 0.5) is 0 Å². The topological polar surface area (TPSA) is 79.0 Å².